The van der Waals surface area contributed by atoms with Crippen LogP contribution in [0.5, 0.6) is 5.75 Å². The Labute approximate surface area is 182 Å². The Kier molecular flexibility index (Phi) is 4.60. The Morgan fingerprint density at radius 2 is 2.23 bits per heavy atom. The molecule has 0 bridgehead atoms. The van der Waals surface area contributed by atoms with Crippen molar-refractivity contribution in [1.82, 2.24) is 15.3 Å². The summed E-state index contributed by atoms with van der Waals surface area (Å²) < 4.78 is 25.6. The molecule has 2 saturated heterocycles. The van der Waals surface area contributed by atoms with Gasteiger partial charge < -0.3 is 20.1 Å². The number of hydrogen-bond donors (Lipinski definition) is 2. The fourth-order valence-electron chi connectivity index (χ4n) is 3.90. The van der Waals surface area contributed by atoms with Crippen LogP contribution in [0.25, 0.3) is 10.9 Å². The summed E-state index contributed by atoms with van der Waals surface area (Å²) in [7, 11) is 1.52. The van der Waals surface area contributed by atoms with Crippen molar-refractivity contribution in [2.24, 2.45) is 0 Å². The molecular weight excluding hydrogens is 425 g/mol. The minimum absolute atomic E-state index is 0.000872. The first-order valence-corrected chi connectivity index (χ1v) is 10.1. The number of hydrogen-bond acceptors (Lipinski definition) is 7. The molecule has 3 heterocycles. The van der Waals surface area contributed by atoms with Crippen molar-refractivity contribution in [3.8, 4) is 5.75 Å². The largest absolute Gasteiger partial charge is 0.494 e. The zero-order valence-electron chi connectivity index (χ0n) is 16.8. The number of amides is 1. The van der Waals surface area contributed by atoms with Crippen LogP contribution in [0.3, 0.4) is 0 Å². The monoisotopic (exact) mass is 443 g/mol. The molecule has 1 amide bonds. The van der Waals surface area contributed by atoms with E-state index in [2.05, 4.69) is 20.6 Å². The molecule has 2 atom stereocenters. The molecule has 5 rings (SSSR count). The van der Waals surface area contributed by atoms with Gasteiger partial charge in [-0.3, -0.25) is 4.90 Å². The van der Waals surface area contributed by atoms with Gasteiger partial charge in [0.25, 0.3) is 0 Å². The quantitative estimate of drug-likeness (QED) is 0.632. The van der Waals surface area contributed by atoms with Crippen LogP contribution >= 0.6 is 11.6 Å². The van der Waals surface area contributed by atoms with E-state index in [0.29, 0.717) is 41.2 Å². The molecule has 2 aliphatic heterocycles. The third-order valence-electron chi connectivity index (χ3n) is 5.86. The Bertz CT molecular complexity index is 1210. The number of ether oxygens (including phenoxy) is 2. The molecule has 3 aromatic rings. The minimum atomic E-state index is -0.582. The summed E-state index contributed by atoms with van der Waals surface area (Å²) >= 11 is 5.90. The molecular formula is C21H19ClFN5O3. The van der Waals surface area contributed by atoms with Gasteiger partial charge in [0, 0.05) is 24.0 Å². The van der Waals surface area contributed by atoms with Gasteiger partial charge in [0.2, 0.25) is 0 Å². The number of anilines is 3. The van der Waals surface area contributed by atoms with E-state index in [-0.39, 0.29) is 16.8 Å². The van der Waals surface area contributed by atoms with E-state index in [1.165, 1.54) is 19.5 Å². The third-order valence-corrected chi connectivity index (χ3v) is 6.16. The highest BCUT2D eigenvalue weighted by molar-refractivity contribution is 6.31. The molecule has 2 fully saturated rings. The lowest BCUT2D eigenvalue weighted by atomic mass is 9.87. The molecule has 0 aliphatic carbocycles. The molecule has 2 N–H and O–H groups in total. The van der Waals surface area contributed by atoms with Gasteiger partial charge in [0.05, 0.1) is 35.6 Å². The van der Waals surface area contributed by atoms with Gasteiger partial charge in [-0.1, -0.05) is 17.7 Å². The van der Waals surface area contributed by atoms with Crippen molar-refractivity contribution in [1.29, 1.82) is 0 Å². The summed E-state index contributed by atoms with van der Waals surface area (Å²) in [6.07, 6.45) is 0.922. The van der Waals surface area contributed by atoms with Gasteiger partial charge in [-0.2, -0.15) is 0 Å². The Morgan fingerprint density at radius 1 is 1.39 bits per heavy atom. The molecule has 31 heavy (non-hydrogen) atoms. The van der Waals surface area contributed by atoms with Gasteiger partial charge in [-0.15, -0.1) is 0 Å². The minimum Gasteiger partial charge on any atom is -0.494 e. The number of methoxy groups -OCH3 is 1. The van der Waals surface area contributed by atoms with Crippen LogP contribution in [0, 0.1) is 5.82 Å². The van der Waals surface area contributed by atoms with E-state index in [1.54, 1.807) is 29.2 Å². The first kappa shape index (κ1) is 19.8. The molecule has 8 nitrogen and oxygen atoms in total. The fourth-order valence-corrected chi connectivity index (χ4v) is 4.08. The number of carbonyl (C=O) groups is 1. The lowest BCUT2D eigenvalue weighted by Gasteiger charge is -2.43. The standard InChI is InChI=1S/C21H19ClFN5O3/c1-11-21(8-24-11)9-28(20(29)31-21)16-6-12-15(7-17(16)30-2)25-10-26-19(12)27-14-5-3-4-13(22)18(14)23/h3-7,10-11,24H,8-9H2,1-2H3,(H,25,26,27). The van der Waals surface area contributed by atoms with Gasteiger partial charge in [-0.05, 0) is 25.1 Å². The molecule has 10 heteroatoms. The van der Waals surface area contributed by atoms with E-state index in [9.17, 15) is 9.18 Å². The fraction of sp³-hybridized carbons (Fsp3) is 0.286. The number of halogens is 2. The lowest BCUT2D eigenvalue weighted by molar-refractivity contribution is -0.0240. The van der Waals surface area contributed by atoms with Crippen LogP contribution in [-0.4, -0.2) is 47.9 Å². The summed E-state index contributed by atoms with van der Waals surface area (Å²) in [5.74, 6) is 0.261. The molecule has 2 aromatic carbocycles. The second-order valence-electron chi connectivity index (χ2n) is 7.61. The Hall–Kier alpha value is -3.17. The highest BCUT2D eigenvalue weighted by Gasteiger charge is 2.55. The topological polar surface area (TPSA) is 88.6 Å². The normalized spacial score (nSPS) is 22.5. The molecule has 2 aliphatic rings. The molecule has 2 unspecified atom stereocenters. The molecule has 1 aromatic heterocycles. The zero-order valence-corrected chi connectivity index (χ0v) is 17.5. The number of nitrogens with zero attached hydrogens (tertiary/aromatic N) is 3. The van der Waals surface area contributed by atoms with Gasteiger partial charge >= 0.3 is 6.09 Å². The maximum atomic E-state index is 14.4. The predicted molar refractivity (Wildman–Crippen MR) is 115 cm³/mol. The molecule has 0 radical (unpaired) electrons. The number of rotatable bonds is 4. The van der Waals surface area contributed by atoms with Gasteiger partial charge in [-0.25, -0.2) is 19.2 Å². The lowest BCUT2D eigenvalue weighted by Crippen LogP contribution is -2.68. The number of carbonyl (C=O) groups excluding carboxylic acids is 1. The highest BCUT2D eigenvalue weighted by atomic mass is 35.5. The van der Waals surface area contributed by atoms with Crippen molar-refractivity contribution in [2.45, 2.75) is 18.6 Å². The second kappa shape index (κ2) is 7.21. The van der Waals surface area contributed by atoms with Crippen molar-refractivity contribution >= 4 is 45.8 Å². The smallest absolute Gasteiger partial charge is 0.415 e. The Balaban J connectivity index is 1.59. The van der Waals surface area contributed by atoms with Gasteiger partial charge in [0.1, 0.15) is 17.9 Å². The van der Waals surface area contributed by atoms with Crippen LogP contribution in [-0.2, 0) is 4.74 Å². The predicted octanol–water partition coefficient (Wildman–Crippen LogP) is 3.86. The van der Waals surface area contributed by atoms with E-state index in [0.717, 1.165) is 0 Å². The second-order valence-corrected chi connectivity index (χ2v) is 8.02. The SMILES string of the molecule is COc1cc2ncnc(Nc3cccc(Cl)c3F)c2cc1N1CC2(CNC2C)OC1=O. The van der Waals surface area contributed by atoms with Crippen molar-refractivity contribution < 1.29 is 18.7 Å². The maximum Gasteiger partial charge on any atom is 0.415 e. The zero-order chi connectivity index (χ0) is 21.8. The molecule has 0 saturated carbocycles. The highest BCUT2D eigenvalue weighted by Crippen LogP contribution is 2.41. The number of fused-ring (bicyclic) bond motifs is 1. The van der Waals surface area contributed by atoms with E-state index >= 15 is 0 Å². The summed E-state index contributed by atoms with van der Waals surface area (Å²) in [6.45, 7) is 2.96. The average Bonchev–Trinajstić information content (AvgIpc) is 3.14. The number of benzene rings is 2. The summed E-state index contributed by atoms with van der Waals surface area (Å²) in [6, 6.07) is 8.18. The van der Waals surface area contributed by atoms with Crippen molar-refractivity contribution in [2.75, 3.05) is 30.4 Å². The maximum absolute atomic E-state index is 14.4. The van der Waals surface area contributed by atoms with Crippen LogP contribution in [0.4, 0.5) is 26.4 Å². The van der Waals surface area contributed by atoms with Crippen LogP contribution in [0.15, 0.2) is 36.7 Å². The van der Waals surface area contributed by atoms with Crippen molar-refractivity contribution in [3.63, 3.8) is 0 Å². The molecule has 1 spiro atoms. The summed E-state index contributed by atoms with van der Waals surface area (Å²) in [5, 5.41) is 6.79. The van der Waals surface area contributed by atoms with E-state index in [1.807, 2.05) is 6.92 Å². The number of aromatic nitrogens is 2. The van der Waals surface area contributed by atoms with Crippen LogP contribution in [0.2, 0.25) is 5.02 Å². The van der Waals surface area contributed by atoms with E-state index in [4.69, 9.17) is 21.1 Å². The van der Waals surface area contributed by atoms with Crippen molar-refractivity contribution in [3.05, 3.63) is 47.5 Å². The first-order chi connectivity index (χ1) is 14.9. The van der Waals surface area contributed by atoms with Crippen LogP contribution < -0.4 is 20.3 Å². The first-order valence-electron chi connectivity index (χ1n) is 9.69. The molecule has 160 valence electrons. The Morgan fingerprint density at radius 3 is 2.90 bits per heavy atom. The van der Waals surface area contributed by atoms with Gasteiger partial charge in [0.15, 0.2) is 11.4 Å². The average molecular weight is 444 g/mol. The summed E-state index contributed by atoms with van der Waals surface area (Å²) in [4.78, 5) is 22.8. The van der Waals surface area contributed by atoms with E-state index < -0.39 is 17.5 Å². The summed E-state index contributed by atoms with van der Waals surface area (Å²) in [5.41, 5.74) is 0.718. The third kappa shape index (κ3) is 3.12. The number of nitrogens with one attached hydrogen (secondary N) is 2. The van der Waals surface area contributed by atoms with Crippen LogP contribution in [0.1, 0.15) is 6.92 Å².